The predicted molar refractivity (Wildman–Crippen MR) is 105 cm³/mol. The predicted octanol–water partition coefficient (Wildman–Crippen LogP) is 3.55. The summed E-state index contributed by atoms with van der Waals surface area (Å²) in [7, 11) is 1.46. The molecule has 2 aromatic carbocycles. The molecule has 0 unspecified atom stereocenters. The number of ether oxygens (including phenoxy) is 2. The van der Waals surface area contributed by atoms with Crippen molar-refractivity contribution in [2.75, 3.05) is 7.11 Å². The molecule has 0 radical (unpaired) electrons. The Labute approximate surface area is 168 Å². The van der Waals surface area contributed by atoms with E-state index in [0.29, 0.717) is 27.6 Å². The number of methoxy groups -OCH3 is 1. The topological polar surface area (TPSA) is 84.9 Å². The highest BCUT2D eigenvalue weighted by atomic mass is 35.5. The van der Waals surface area contributed by atoms with E-state index in [1.807, 2.05) is 0 Å². The number of rotatable bonds is 4. The molecule has 148 valence electrons. The van der Waals surface area contributed by atoms with Gasteiger partial charge in [-0.15, -0.1) is 0 Å². The van der Waals surface area contributed by atoms with Gasteiger partial charge in [0.2, 0.25) is 0 Å². The van der Waals surface area contributed by atoms with Gasteiger partial charge in [0.05, 0.1) is 18.7 Å². The molecule has 2 N–H and O–H groups in total. The van der Waals surface area contributed by atoms with Crippen LogP contribution in [0.5, 0.6) is 11.5 Å². The van der Waals surface area contributed by atoms with Gasteiger partial charge < -0.3 is 19.9 Å². The molecule has 7 heteroatoms. The number of nitrogens with one attached hydrogen (secondary N) is 1. The number of aliphatic hydroxyl groups excluding tert-OH is 1. The van der Waals surface area contributed by atoms with Gasteiger partial charge in [-0.1, -0.05) is 11.6 Å². The maximum atomic E-state index is 13.0. The minimum atomic E-state index is -1.05. The molecule has 0 saturated heterocycles. The monoisotopic (exact) mass is 403 g/mol. The van der Waals surface area contributed by atoms with Crippen LogP contribution in [-0.2, 0) is 0 Å². The second-order valence-corrected chi connectivity index (χ2v) is 7.69. The molecule has 0 saturated carbocycles. The number of carbonyl (C=O) groups is 2. The van der Waals surface area contributed by atoms with Crippen LogP contribution in [-0.4, -0.2) is 35.6 Å². The van der Waals surface area contributed by atoms with E-state index < -0.39 is 23.7 Å². The number of hydrogen-bond acceptors (Lipinski definition) is 5. The molecular formula is C21H22ClNO5. The normalized spacial score (nSPS) is 19.9. The van der Waals surface area contributed by atoms with Crippen molar-refractivity contribution in [3.63, 3.8) is 0 Å². The molecule has 1 amide bonds. The molecule has 3 rings (SSSR count). The Morgan fingerprint density at radius 1 is 1.21 bits per heavy atom. The lowest BCUT2D eigenvalue weighted by Gasteiger charge is -2.42. The average Bonchev–Trinajstić information content (AvgIpc) is 2.64. The van der Waals surface area contributed by atoms with E-state index in [2.05, 4.69) is 5.32 Å². The fourth-order valence-electron chi connectivity index (χ4n) is 3.25. The molecule has 6 nitrogen and oxygen atoms in total. The van der Waals surface area contributed by atoms with Gasteiger partial charge in [0.15, 0.2) is 5.78 Å². The summed E-state index contributed by atoms with van der Waals surface area (Å²) in [6.45, 7) is 4.92. The van der Waals surface area contributed by atoms with Gasteiger partial charge in [0, 0.05) is 16.1 Å². The van der Waals surface area contributed by atoms with Crippen LogP contribution < -0.4 is 14.8 Å². The van der Waals surface area contributed by atoms with Gasteiger partial charge in [-0.2, -0.15) is 0 Å². The summed E-state index contributed by atoms with van der Waals surface area (Å²) >= 11 is 6.03. The van der Waals surface area contributed by atoms with E-state index in [-0.39, 0.29) is 11.3 Å². The van der Waals surface area contributed by atoms with Crippen molar-refractivity contribution in [3.8, 4) is 11.5 Å². The van der Waals surface area contributed by atoms with Crippen LogP contribution in [0.1, 0.15) is 53.1 Å². The van der Waals surface area contributed by atoms with Crippen LogP contribution in [0.25, 0.3) is 0 Å². The van der Waals surface area contributed by atoms with Crippen LogP contribution >= 0.6 is 11.6 Å². The molecule has 1 heterocycles. The zero-order chi connectivity index (χ0) is 20.6. The first-order valence-corrected chi connectivity index (χ1v) is 9.18. The first-order chi connectivity index (χ1) is 13.1. The molecule has 0 aliphatic carbocycles. The molecule has 0 bridgehead atoms. The van der Waals surface area contributed by atoms with Crippen molar-refractivity contribution < 1.29 is 24.2 Å². The quantitative estimate of drug-likeness (QED) is 0.762. The fourth-order valence-corrected chi connectivity index (χ4v) is 3.42. The lowest BCUT2D eigenvalue weighted by Crippen LogP contribution is -2.53. The van der Waals surface area contributed by atoms with Gasteiger partial charge in [-0.3, -0.25) is 9.59 Å². The van der Waals surface area contributed by atoms with Crippen molar-refractivity contribution in [2.24, 2.45) is 0 Å². The van der Waals surface area contributed by atoms with E-state index in [4.69, 9.17) is 21.1 Å². The maximum absolute atomic E-state index is 13.0. The number of Topliss-reactive ketones (excluding diaryl/α,β-unsaturated/α-hetero) is 1. The summed E-state index contributed by atoms with van der Waals surface area (Å²) in [4.78, 5) is 24.8. The molecule has 0 spiro atoms. The van der Waals surface area contributed by atoms with Crippen molar-refractivity contribution in [1.29, 1.82) is 0 Å². The Bertz CT molecular complexity index is 940. The highest BCUT2D eigenvalue weighted by Crippen LogP contribution is 2.40. The van der Waals surface area contributed by atoms with Gasteiger partial charge in [0.1, 0.15) is 23.2 Å². The largest absolute Gasteiger partial charge is 0.496 e. The number of fused-ring (bicyclic) bond motifs is 1. The maximum Gasteiger partial charge on any atom is 0.255 e. The van der Waals surface area contributed by atoms with E-state index in [1.165, 1.54) is 20.1 Å². The highest BCUT2D eigenvalue weighted by molar-refractivity contribution is 6.31. The Kier molecular flexibility index (Phi) is 5.37. The van der Waals surface area contributed by atoms with E-state index in [9.17, 15) is 14.7 Å². The second kappa shape index (κ2) is 7.45. The third kappa shape index (κ3) is 3.70. The Hall–Kier alpha value is -2.57. The molecule has 1 aliphatic heterocycles. The van der Waals surface area contributed by atoms with Crippen LogP contribution in [0.15, 0.2) is 36.4 Å². The lowest BCUT2D eigenvalue weighted by molar-refractivity contribution is -0.0627. The summed E-state index contributed by atoms with van der Waals surface area (Å²) in [5.41, 5.74) is 0.305. The van der Waals surface area contributed by atoms with E-state index in [1.54, 1.807) is 44.2 Å². The van der Waals surface area contributed by atoms with Crippen LogP contribution in [0.3, 0.4) is 0 Å². The fraction of sp³-hybridized carbons (Fsp3) is 0.333. The van der Waals surface area contributed by atoms with Crippen molar-refractivity contribution in [3.05, 3.63) is 58.1 Å². The minimum Gasteiger partial charge on any atom is -0.496 e. The van der Waals surface area contributed by atoms with Crippen LogP contribution in [0.2, 0.25) is 5.02 Å². The molecule has 1 aliphatic rings. The average molecular weight is 404 g/mol. The van der Waals surface area contributed by atoms with Gasteiger partial charge in [-0.05, 0) is 57.2 Å². The Balaban J connectivity index is 2.03. The summed E-state index contributed by atoms with van der Waals surface area (Å²) in [5, 5.41) is 14.1. The second-order valence-electron chi connectivity index (χ2n) is 7.25. The number of benzene rings is 2. The third-order valence-electron chi connectivity index (χ3n) is 4.85. The zero-order valence-corrected chi connectivity index (χ0v) is 16.8. The number of carbonyl (C=O) groups excluding carboxylic acids is 2. The number of halogens is 1. The summed E-state index contributed by atoms with van der Waals surface area (Å²) < 4.78 is 11.1. The summed E-state index contributed by atoms with van der Waals surface area (Å²) in [6.07, 6.45) is -1.05. The van der Waals surface area contributed by atoms with Crippen LogP contribution in [0, 0.1) is 0 Å². The van der Waals surface area contributed by atoms with Gasteiger partial charge in [-0.25, -0.2) is 0 Å². The third-order valence-corrected chi connectivity index (χ3v) is 5.08. The highest BCUT2D eigenvalue weighted by Gasteiger charge is 2.44. The first kappa shape index (κ1) is 20.2. The van der Waals surface area contributed by atoms with Crippen LogP contribution in [0.4, 0.5) is 0 Å². The Morgan fingerprint density at radius 3 is 2.57 bits per heavy atom. The van der Waals surface area contributed by atoms with Crippen molar-refractivity contribution in [1.82, 2.24) is 5.32 Å². The molecule has 2 atom stereocenters. The summed E-state index contributed by atoms with van der Waals surface area (Å²) in [6, 6.07) is 8.92. The lowest BCUT2D eigenvalue weighted by atomic mass is 9.85. The molecule has 0 aromatic heterocycles. The summed E-state index contributed by atoms with van der Waals surface area (Å²) in [5.74, 6) is 0.285. The first-order valence-electron chi connectivity index (χ1n) is 8.80. The zero-order valence-electron chi connectivity index (χ0n) is 16.1. The van der Waals surface area contributed by atoms with Crippen molar-refractivity contribution >= 4 is 23.3 Å². The van der Waals surface area contributed by atoms with Gasteiger partial charge >= 0.3 is 0 Å². The van der Waals surface area contributed by atoms with E-state index >= 15 is 0 Å². The SMILES string of the molecule is COc1ccc(Cl)cc1C(=O)N[C@H]1c2cc(C(C)=O)ccc2OC(C)(C)[C@@H]1O. The van der Waals surface area contributed by atoms with Crippen molar-refractivity contribution in [2.45, 2.75) is 38.5 Å². The molecule has 2 aromatic rings. The number of amides is 1. The Morgan fingerprint density at radius 2 is 1.93 bits per heavy atom. The van der Waals surface area contributed by atoms with Gasteiger partial charge in [0.25, 0.3) is 5.91 Å². The van der Waals surface area contributed by atoms with E-state index in [0.717, 1.165) is 0 Å². The minimum absolute atomic E-state index is 0.122. The number of aliphatic hydroxyl groups is 1. The number of hydrogen-bond donors (Lipinski definition) is 2. The number of ketones is 1. The standard InChI is InChI=1S/C21H22ClNO5/c1-11(24)12-5-7-17-14(9-12)18(19(25)21(2,3)28-17)23-20(26)15-10-13(22)6-8-16(15)27-4/h5-10,18-19,25H,1-4H3,(H,23,26)/t18-,19+/m0/s1. The molecule has 0 fully saturated rings. The smallest absolute Gasteiger partial charge is 0.255 e. The molecular weight excluding hydrogens is 382 g/mol. The molecule has 28 heavy (non-hydrogen) atoms.